The van der Waals surface area contributed by atoms with Crippen LogP contribution < -0.4 is 0 Å². The van der Waals surface area contributed by atoms with Gasteiger partial charge in [-0.1, -0.05) is 12.1 Å². The first-order valence-corrected chi connectivity index (χ1v) is 7.95. The highest BCUT2D eigenvalue weighted by Gasteiger charge is 2.11. The number of aromatic nitrogens is 5. The van der Waals surface area contributed by atoms with Gasteiger partial charge in [-0.2, -0.15) is 4.80 Å². The first-order chi connectivity index (χ1) is 10.4. The average Bonchev–Trinajstić information content (AvgIpc) is 3.28. The first kappa shape index (κ1) is 12.4. The number of thiophene rings is 2. The Morgan fingerprint density at radius 3 is 2.67 bits per heavy atom. The highest BCUT2D eigenvalue weighted by Crippen LogP contribution is 2.25. The smallest absolute Gasteiger partial charge is 0.218 e. The minimum atomic E-state index is 0.365. The van der Waals surface area contributed by atoms with Crippen molar-refractivity contribution in [3.8, 4) is 21.3 Å². The topological polar surface area (TPSA) is 69.6 Å². The molecule has 4 aromatic heterocycles. The molecule has 0 atom stereocenters. The normalized spacial score (nSPS) is 11.0. The predicted octanol–water partition coefficient (Wildman–Crippen LogP) is 3.17. The Bertz CT molecular complexity index is 761. The average molecular weight is 315 g/mol. The van der Waals surface area contributed by atoms with E-state index in [1.54, 1.807) is 28.9 Å². The van der Waals surface area contributed by atoms with Crippen LogP contribution in [-0.4, -0.2) is 25.2 Å². The van der Waals surface area contributed by atoms with Crippen molar-refractivity contribution in [2.75, 3.05) is 0 Å². The van der Waals surface area contributed by atoms with E-state index in [9.17, 15) is 0 Å². The van der Waals surface area contributed by atoms with Crippen LogP contribution in [0, 0.1) is 0 Å². The molecule has 0 aliphatic rings. The van der Waals surface area contributed by atoms with Crippen molar-refractivity contribution >= 4 is 22.7 Å². The van der Waals surface area contributed by atoms with E-state index >= 15 is 0 Å². The second-order valence-corrected chi connectivity index (χ2v) is 6.11. The molecule has 0 unspecified atom stereocenters. The summed E-state index contributed by atoms with van der Waals surface area (Å²) in [4.78, 5) is 7.79. The summed E-state index contributed by atoms with van der Waals surface area (Å²) in [6, 6.07) is 7.90. The Morgan fingerprint density at radius 2 is 1.90 bits per heavy atom. The fourth-order valence-corrected chi connectivity index (χ4v) is 3.17. The first-order valence-electron chi connectivity index (χ1n) is 6.19. The van der Waals surface area contributed by atoms with Crippen molar-refractivity contribution in [2.24, 2.45) is 0 Å². The van der Waals surface area contributed by atoms with Gasteiger partial charge in [0, 0.05) is 0 Å². The van der Waals surface area contributed by atoms with Crippen molar-refractivity contribution in [3.05, 3.63) is 47.1 Å². The van der Waals surface area contributed by atoms with E-state index in [1.807, 2.05) is 35.0 Å². The monoisotopic (exact) mass is 315 g/mol. The zero-order chi connectivity index (χ0) is 14.1. The van der Waals surface area contributed by atoms with Crippen molar-refractivity contribution < 1.29 is 4.42 Å². The molecule has 0 amide bonds. The van der Waals surface area contributed by atoms with Gasteiger partial charge in [-0.3, -0.25) is 0 Å². The van der Waals surface area contributed by atoms with Gasteiger partial charge in [0.25, 0.3) is 0 Å². The second-order valence-electron chi connectivity index (χ2n) is 4.22. The summed E-state index contributed by atoms with van der Waals surface area (Å²) in [6.07, 6.45) is 1.72. The van der Waals surface area contributed by atoms with E-state index in [4.69, 9.17) is 4.42 Å². The summed E-state index contributed by atoms with van der Waals surface area (Å²) in [5.41, 5.74) is 0. The van der Waals surface area contributed by atoms with E-state index in [0.717, 1.165) is 15.5 Å². The molecule has 104 valence electrons. The van der Waals surface area contributed by atoms with Crippen molar-refractivity contribution in [3.63, 3.8) is 0 Å². The molecule has 0 N–H and O–H groups in total. The fraction of sp³-hybridized carbons (Fsp3) is 0.0769. The number of hydrogen-bond acceptors (Lipinski definition) is 7. The van der Waals surface area contributed by atoms with Gasteiger partial charge in [-0.05, 0) is 28.1 Å². The molecule has 4 aromatic rings. The quantitative estimate of drug-likeness (QED) is 0.578. The maximum absolute atomic E-state index is 5.71. The van der Waals surface area contributed by atoms with Crippen LogP contribution in [0.2, 0.25) is 0 Å². The molecular weight excluding hydrogens is 306 g/mol. The maximum Gasteiger partial charge on any atom is 0.218 e. The molecule has 4 rings (SSSR count). The number of nitrogens with zero attached hydrogens (tertiary/aromatic N) is 5. The third kappa shape index (κ3) is 2.50. The standard InChI is InChI=1S/C13H9N5OS2/c1-3-10(20-5-1)9-7-14-12(19-9)8-18-16-13(15-17-18)11-4-2-6-21-11/h1-7H,8H2. The fourth-order valence-electron chi connectivity index (χ4n) is 1.85. The summed E-state index contributed by atoms with van der Waals surface area (Å²) in [7, 11) is 0. The summed E-state index contributed by atoms with van der Waals surface area (Å²) in [5.74, 6) is 1.95. The highest BCUT2D eigenvalue weighted by atomic mass is 32.1. The van der Waals surface area contributed by atoms with Crippen molar-refractivity contribution in [1.82, 2.24) is 25.2 Å². The van der Waals surface area contributed by atoms with Crippen LogP contribution in [-0.2, 0) is 6.54 Å². The Kier molecular flexibility index (Phi) is 3.09. The lowest BCUT2D eigenvalue weighted by Crippen LogP contribution is -2.04. The third-order valence-electron chi connectivity index (χ3n) is 2.79. The van der Waals surface area contributed by atoms with E-state index in [2.05, 4.69) is 20.4 Å². The van der Waals surface area contributed by atoms with Gasteiger partial charge < -0.3 is 4.42 Å². The van der Waals surface area contributed by atoms with Crippen molar-refractivity contribution in [1.29, 1.82) is 0 Å². The van der Waals surface area contributed by atoms with Crippen LogP contribution in [0.3, 0.4) is 0 Å². The predicted molar refractivity (Wildman–Crippen MR) is 80.0 cm³/mol. The molecule has 8 heteroatoms. The van der Waals surface area contributed by atoms with Crippen LogP contribution in [0.4, 0.5) is 0 Å². The molecule has 0 fully saturated rings. The molecule has 0 aromatic carbocycles. The zero-order valence-corrected chi connectivity index (χ0v) is 12.3. The summed E-state index contributed by atoms with van der Waals surface area (Å²) in [5, 5.41) is 16.4. The molecule has 0 aliphatic heterocycles. The van der Waals surface area contributed by atoms with Crippen LogP contribution in [0.1, 0.15) is 5.89 Å². The summed E-state index contributed by atoms with van der Waals surface area (Å²) < 4.78 is 5.71. The number of hydrogen-bond donors (Lipinski definition) is 0. The lowest BCUT2D eigenvalue weighted by atomic mass is 10.4. The largest absolute Gasteiger partial charge is 0.438 e. The van der Waals surface area contributed by atoms with Crippen LogP contribution in [0.15, 0.2) is 45.6 Å². The van der Waals surface area contributed by atoms with Crippen LogP contribution in [0.25, 0.3) is 21.3 Å². The lowest BCUT2D eigenvalue weighted by molar-refractivity contribution is 0.447. The van der Waals surface area contributed by atoms with E-state index in [-0.39, 0.29) is 0 Å². The highest BCUT2D eigenvalue weighted by molar-refractivity contribution is 7.13. The summed E-state index contributed by atoms with van der Waals surface area (Å²) in [6.45, 7) is 0.365. The summed E-state index contributed by atoms with van der Waals surface area (Å²) >= 11 is 3.20. The zero-order valence-electron chi connectivity index (χ0n) is 10.7. The maximum atomic E-state index is 5.71. The van der Waals surface area contributed by atoms with E-state index < -0.39 is 0 Å². The molecule has 6 nitrogen and oxygen atoms in total. The van der Waals surface area contributed by atoms with E-state index in [1.165, 1.54) is 4.80 Å². The molecule has 0 saturated carbocycles. The molecule has 0 radical (unpaired) electrons. The molecule has 4 heterocycles. The van der Waals surface area contributed by atoms with Gasteiger partial charge in [0.15, 0.2) is 5.76 Å². The SMILES string of the molecule is c1csc(-c2nnn(Cc3ncc(-c4cccs4)o3)n2)c1. The Hall–Kier alpha value is -2.32. The molecule has 0 bridgehead atoms. The van der Waals surface area contributed by atoms with E-state index in [0.29, 0.717) is 18.3 Å². The van der Waals surface area contributed by atoms with Crippen molar-refractivity contribution in [2.45, 2.75) is 6.54 Å². The third-order valence-corrected chi connectivity index (χ3v) is 4.54. The number of tetrazole rings is 1. The van der Waals surface area contributed by atoms with Gasteiger partial charge >= 0.3 is 0 Å². The lowest BCUT2D eigenvalue weighted by Gasteiger charge is -1.93. The number of oxazole rings is 1. The molecule has 21 heavy (non-hydrogen) atoms. The molecule has 0 aliphatic carbocycles. The second kappa shape index (κ2) is 5.23. The van der Waals surface area contributed by atoms with Crippen LogP contribution in [0.5, 0.6) is 0 Å². The van der Waals surface area contributed by atoms with Gasteiger partial charge in [0.2, 0.25) is 11.7 Å². The molecular formula is C13H9N5OS2. The Labute approximate surface area is 127 Å². The molecule has 0 saturated heterocycles. The van der Waals surface area contributed by atoms with Crippen LogP contribution >= 0.6 is 22.7 Å². The Balaban J connectivity index is 1.54. The minimum absolute atomic E-state index is 0.365. The van der Waals surface area contributed by atoms with Gasteiger partial charge in [-0.15, -0.1) is 32.9 Å². The molecule has 0 spiro atoms. The number of rotatable bonds is 4. The minimum Gasteiger partial charge on any atom is -0.438 e. The Morgan fingerprint density at radius 1 is 1.10 bits per heavy atom. The van der Waals surface area contributed by atoms with Gasteiger partial charge in [0.1, 0.15) is 6.54 Å². The van der Waals surface area contributed by atoms with Gasteiger partial charge in [0.05, 0.1) is 16.0 Å². The van der Waals surface area contributed by atoms with Gasteiger partial charge in [-0.25, -0.2) is 4.98 Å².